The number of rotatable bonds is 0. The first kappa shape index (κ1) is 14.5. The Bertz CT molecular complexity index is 477. The maximum absolute atomic E-state index is 12.6. The molecule has 3 atom stereocenters. The quantitative estimate of drug-likeness (QED) is 0.790. The summed E-state index contributed by atoms with van der Waals surface area (Å²) in [7, 11) is 0. The van der Waals surface area contributed by atoms with Crippen molar-refractivity contribution >= 4 is 12.4 Å². The first-order valence-corrected chi connectivity index (χ1v) is 6.06. The van der Waals surface area contributed by atoms with Gasteiger partial charge in [-0.05, 0) is 31.0 Å². The molecular weight excluding hydrogens is 279 g/mol. The fraction of sp³-hybridized carbons (Fsp3) is 0.538. The Kier molecular flexibility index (Phi) is 3.71. The van der Waals surface area contributed by atoms with Crippen LogP contribution in [0.1, 0.15) is 30.5 Å². The smallest absolute Gasteiger partial charge is 0.416 e. The fourth-order valence-corrected chi connectivity index (χ4v) is 2.73. The molecule has 2 nitrogen and oxygen atoms in total. The molecule has 1 saturated heterocycles. The maximum Gasteiger partial charge on any atom is 0.416 e. The van der Waals surface area contributed by atoms with Crippen molar-refractivity contribution in [2.24, 2.45) is 5.92 Å². The summed E-state index contributed by atoms with van der Waals surface area (Å²) < 4.78 is 43.5. The molecule has 2 aliphatic heterocycles. The van der Waals surface area contributed by atoms with Crippen LogP contribution < -0.4 is 10.1 Å². The highest BCUT2D eigenvalue weighted by Crippen LogP contribution is 2.43. The summed E-state index contributed by atoms with van der Waals surface area (Å²) in [5, 5.41) is 3.34. The van der Waals surface area contributed by atoms with Gasteiger partial charge in [0.15, 0.2) is 0 Å². The largest absolute Gasteiger partial charge is 0.488 e. The van der Waals surface area contributed by atoms with E-state index in [0.29, 0.717) is 11.7 Å². The molecule has 6 heteroatoms. The van der Waals surface area contributed by atoms with Crippen LogP contribution in [0.5, 0.6) is 5.75 Å². The van der Waals surface area contributed by atoms with E-state index in [-0.39, 0.29) is 24.6 Å². The van der Waals surface area contributed by atoms with Gasteiger partial charge in [0, 0.05) is 5.56 Å². The predicted octanol–water partition coefficient (Wildman–Crippen LogP) is 3.56. The molecule has 19 heavy (non-hydrogen) atoms. The van der Waals surface area contributed by atoms with Crippen LogP contribution in [0, 0.1) is 5.92 Å². The van der Waals surface area contributed by atoms with E-state index in [1.54, 1.807) is 0 Å². The lowest BCUT2D eigenvalue weighted by molar-refractivity contribution is -0.137. The lowest BCUT2D eigenvalue weighted by Crippen LogP contribution is -2.41. The molecule has 0 aromatic heterocycles. The summed E-state index contributed by atoms with van der Waals surface area (Å²) in [5.74, 6) is 0.865. The molecule has 1 fully saturated rings. The van der Waals surface area contributed by atoms with E-state index in [2.05, 4.69) is 12.2 Å². The third-order valence-corrected chi connectivity index (χ3v) is 3.65. The topological polar surface area (TPSA) is 21.3 Å². The Morgan fingerprint density at radius 3 is 2.74 bits per heavy atom. The maximum atomic E-state index is 12.6. The second-order valence-corrected chi connectivity index (χ2v) is 5.13. The molecule has 1 aromatic carbocycles. The van der Waals surface area contributed by atoms with Gasteiger partial charge in [0.25, 0.3) is 0 Å². The van der Waals surface area contributed by atoms with E-state index in [1.165, 1.54) is 6.07 Å². The number of halogens is 4. The molecule has 1 N–H and O–H groups in total. The first-order chi connectivity index (χ1) is 8.45. The van der Waals surface area contributed by atoms with Crippen LogP contribution in [-0.2, 0) is 6.18 Å². The highest BCUT2D eigenvalue weighted by Gasteiger charge is 2.40. The minimum absolute atomic E-state index is 0. The number of hydrogen-bond donors (Lipinski definition) is 1. The number of nitrogens with one attached hydrogen (secondary N) is 1. The predicted molar refractivity (Wildman–Crippen MR) is 67.6 cm³/mol. The number of ether oxygens (including phenoxy) is 1. The van der Waals surface area contributed by atoms with Gasteiger partial charge in [0.05, 0.1) is 11.6 Å². The van der Waals surface area contributed by atoms with Gasteiger partial charge in [-0.3, -0.25) is 0 Å². The number of benzene rings is 1. The van der Waals surface area contributed by atoms with Crippen LogP contribution in [0.4, 0.5) is 13.2 Å². The summed E-state index contributed by atoms with van der Waals surface area (Å²) >= 11 is 0. The zero-order valence-corrected chi connectivity index (χ0v) is 11.1. The molecule has 2 heterocycles. The highest BCUT2D eigenvalue weighted by molar-refractivity contribution is 5.85. The number of piperidine rings is 1. The minimum atomic E-state index is -4.31. The minimum Gasteiger partial charge on any atom is -0.488 e. The Balaban J connectivity index is 0.00000133. The molecule has 0 bridgehead atoms. The Morgan fingerprint density at radius 1 is 1.32 bits per heavy atom. The van der Waals surface area contributed by atoms with Crippen molar-refractivity contribution in [2.75, 3.05) is 6.54 Å². The highest BCUT2D eigenvalue weighted by atomic mass is 35.5. The molecule has 0 saturated carbocycles. The monoisotopic (exact) mass is 293 g/mol. The summed E-state index contributed by atoms with van der Waals surface area (Å²) in [5.41, 5.74) is 0.202. The molecule has 2 aliphatic rings. The van der Waals surface area contributed by atoms with Crippen molar-refractivity contribution in [2.45, 2.75) is 31.7 Å². The molecule has 106 valence electrons. The van der Waals surface area contributed by atoms with Crippen molar-refractivity contribution in [1.29, 1.82) is 0 Å². The van der Waals surface area contributed by atoms with Gasteiger partial charge in [0.2, 0.25) is 0 Å². The van der Waals surface area contributed by atoms with Crippen LogP contribution in [0.3, 0.4) is 0 Å². The van der Waals surface area contributed by atoms with Crippen molar-refractivity contribution in [3.63, 3.8) is 0 Å². The lowest BCUT2D eigenvalue weighted by Gasteiger charge is -2.29. The molecule has 0 unspecified atom stereocenters. The second kappa shape index (κ2) is 4.87. The lowest BCUT2D eigenvalue weighted by atomic mass is 9.91. The van der Waals surface area contributed by atoms with E-state index >= 15 is 0 Å². The van der Waals surface area contributed by atoms with Crippen molar-refractivity contribution in [1.82, 2.24) is 5.32 Å². The normalized spacial score (nSPS) is 28.9. The molecule has 1 aromatic rings. The van der Waals surface area contributed by atoms with Gasteiger partial charge in [-0.2, -0.15) is 13.2 Å². The summed E-state index contributed by atoms with van der Waals surface area (Å²) in [4.78, 5) is 0. The first-order valence-electron chi connectivity index (χ1n) is 6.06. The molecule has 3 rings (SSSR count). The van der Waals surface area contributed by atoms with Crippen LogP contribution in [0.15, 0.2) is 18.2 Å². The molecule has 0 spiro atoms. The van der Waals surface area contributed by atoms with Crippen LogP contribution in [0.25, 0.3) is 0 Å². The van der Waals surface area contributed by atoms with Crippen molar-refractivity contribution in [3.05, 3.63) is 29.3 Å². The van der Waals surface area contributed by atoms with Gasteiger partial charge in [0.1, 0.15) is 11.9 Å². The Hall–Kier alpha value is -0.940. The van der Waals surface area contributed by atoms with Crippen LogP contribution in [0.2, 0.25) is 0 Å². The Morgan fingerprint density at radius 2 is 2.05 bits per heavy atom. The van der Waals surface area contributed by atoms with E-state index in [4.69, 9.17) is 4.74 Å². The summed E-state index contributed by atoms with van der Waals surface area (Å²) in [6.45, 7) is 2.99. The average Bonchev–Trinajstić information content (AvgIpc) is 2.63. The van der Waals surface area contributed by atoms with Gasteiger partial charge < -0.3 is 10.1 Å². The van der Waals surface area contributed by atoms with E-state index in [1.807, 2.05) is 0 Å². The van der Waals surface area contributed by atoms with Gasteiger partial charge >= 0.3 is 6.18 Å². The van der Waals surface area contributed by atoms with E-state index in [0.717, 1.165) is 30.7 Å². The van der Waals surface area contributed by atoms with Crippen molar-refractivity contribution in [3.8, 4) is 5.75 Å². The Labute approximate surface area is 115 Å². The molecule has 0 radical (unpaired) electrons. The molecule has 0 amide bonds. The van der Waals surface area contributed by atoms with Crippen molar-refractivity contribution < 1.29 is 17.9 Å². The van der Waals surface area contributed by atoms with E-state index < -0.39 is 11.7 Å². The van der Waals surface area contributed by atoms with Gasteiger partial charge in [-0.15, -0.1) is 12.4 Å². The molecular formula is C13H15ClF3NO. The average molecular weight is 294 g/mol. The fourth-order valence-electron chi connectivity index (χ4n) is 2.73. The number of fused-ring (bicyclic) bond motifs is 3. The number of hydrogen-bond acceptors (Lipinski definition) is 2. The summed E-state index contributed by atoms with van der Waals surface area (Å²) in [6.07, 6.45) is -3.46. The van der Waals surface area contributed by atoms with Gasteiger partial charge in [-0.1, -0.05) is 13.0 Å². The zero-order chi connectivity index (χ0) is 12.9. The number of alkyl halides is 3. The third-order valence-electron chi connectivity index (χ3n) is 3.65. The second-order valence-electron chi connectivity index (χ2n) is 5.13. The zero-order valence-electron chi connectivity index (χ0n) is 10.3. The summed E-state index contributed by atoms with van der Waals surface area (Å²) in [6, 6.07) is 3.81. The van der Waals surface area contributed by atoms with Crippen LogP contribution in [-0.4, -0.2) is 12.6 Å². The third kappa shape index (κ3) is 2.54. The standard InChI is InChI=1S/C13H14F3NO.ClH/c1-7-4-11-12(17-6-7)9-3-2-8(13(14,15)16)5-10(9)18-11;/h2-3,5,7,11-12,17H,4,6H2,1H3;1H/t7-,11+,12+;/m1./s1. The van der Waals surface area contributed by atoms with Gasteiger partial charge in [-0.25, -0.2) is 0 Å². The van der Waals surface area contributed by atoms with Crippen LogP contribution >= 0.6 is 12.4 Å². The molecule has 0 aliphatic carbocycles. The van der Waals surface area contributed by atoms with E-state index in [9.17, 15) is 13.2 Å². The SMILES string of the molecule is C[C@H]1CN[C@H]2c3ccc(C(F)(F)F)cc3O[C@H]2C1.Cl.